The Balaban J connectivity index is 1.74. The van der Waals surface area contributed by atoms with Crippen LogP contribution >= 0.6 is 23.1 Å². The van der Waals surface area contributed by atoms with E-state index in [2.05, 4.69) is 27.0 Å². The van der Waals surface area contributed by atoms with Gasteiger partial charge in [-0.05, 0) is 38.1 Å². The van der Waals surface area contributed by atoms with Crippen molar-refractivity contribution in [2.24, 2.45) is 0 Å². The molecule has 1 saturated carbocycles. The van der Waals surface area contributed by atoms with Crippen LogP contribution in [0.3, 0.4) is 0 Å². The van der Waals surface area contributed by atoms with Crippen molar-refractivity contribution in [3.05, 3.63) is 17.5 Å². The quantitative estimate of drug-likeness (QED) is 0.831. The lowest BCUT2D eigenvalue weighted by molar-refractivity contribution is -0.120. The maximum absolute atomic E-state index is 12.0. The first-order valence-corrected chi connectivity index (χ1v) is 8.89. The number of carbonyl (C=O) groups excluding carboxylic acids is 1. The fourth-order valence-electron chi connectivity index (χ4n) is 2.01. The first-order chi connectivity index (χ1) is 10.2. The molecule has 1 atom stereocenters. The molecule has 2 heterocycles. The number of hydrogen-bond acceptors (Lipinski definition) is 5. The van der Waals surface area contributed by atoms with E-state index in [1.54, 1.807) is 11.3 Å². The van der Waals surface area contributed by atoms with Gasteiger partial charge in [-0.3, -0.25) is 4.79 Å². The third-order valence-electron chi connectivity index (χ3n) is 3.35. The van der Waals surface area contributed by atoms with Gasteiger partial charge in [-0.2, -0.15) is 0 Å². The molecule has 112 valence electrons. The van der Waals surface area contributed by atoms with Crippen molar-refractivity contribution in [2.45, 2.75) is 49.7 Å². The normalized spacial score (nSPS) is 15.9. The summed E-state index contributed by atoms with van der Waals surface area (Å²) in [4.78, 5) is 13.1. The highest BCUT2D eigenvalue weighted by atomic mass is 32.2. The first-order valence-electron chi connectivity index (χ1n) is 7.13. The summed E-state index contributed by atoms with van der Waals surface area (Å²) in [6, 6.07) is 4.44. The first kappa shape index (κ1) is 14.6. The standard InChI is InChI=1S/C14H18N4OS2/c1-3-18-12(11-5-4-8-20-11)16-17-14(18)21-9(2)13(19)15-10-6-7-10/h4-5,8-10H,3,6-7H2,1-2H3,(H,15,19)/t9-/m1/s1. The predicted molar refractivity (Wildman–Crippen MR) is 85.5 cm³/mol. The molecule has 1 aliphatic carbocycles. The molecule has 0 radical (unpaired) electrons. The summed E-state index contributed by atoms with van der Waals surface area (Å²) in [6.07, 6.45) is 2.22. The summed E-state index contributed by atoms with van der Waals surface area (Å²) in [7, 11) is 0. The van der Waals surface area contributed by atoms with Gasteiger partial charge in [-0.1, -0.05) is 17.8 Å². The van der Waals surface area contributed by atoms with Gasteiger partial charge in [-0.25, -0.2) is 0 Å². The molecule has 7 heteroatoms. The molecule has 1 N–H and O–H groups in total. The largest absolute Gasteiger partial charge is 0.352 e. The number of thiophene rings is 1. The van der Waals surface area contributed by atoms with Crippen molar-refractivity contribution >= 4 is 29.0 Å². The number of thioether (sulfide) groups is 1. The number of aromatic nitrogens is 3. The third-order valence-corrected chi connectivity index (χ3v) is 5.30. The van der Waals surface area contributed by atoms with Gasteiger partial charge in [0, 0.05) is 12.6 Å². The van der Waals surface area contributed by atoms with Gasteiger partial charge in [0.25, 0.3) is 0 Å². The Morgan fingerprint density at radius 1 is 1.57 bits per heavy atom. The van der Waals surface area contributed by atoms with Gasteiger partial charge in [0.05, 0.1) is 10.1 Å². The van der Waals surface area contributed by atoms with Crippen molar-refractivity contribution < 1.29 is 4.79 Å². The monoisotopic (exact) mass is 322 g/mol. The fraction of sp³-hybridized carbons (Fsp3) is 0.500. The lowest BCUT2D eigenvalue weighted by Crippen LogP contribution is -2.32. The molecule has 2 aromatic heterocycles. The van der Waals surface area contributed by atoms with Crippen molar-refractivity contribution in [3.8, 4) is 10.7 Å². The summed E-state index contributed by atoms with van der Waals surface area (Å²) in [6.45, 7) is 4.78. The van der Waals surface area contributed by atoms with E-state index in [1.807, 2.05) is 24.4 Å². The average molecular weight is 322 g/mol. The van der Waals surface area contributed by atoms with E-state index >= 15 is 0 Å². The molecule has 0 bridgehead atoms. The highest BCUT2D eigenvalue weighted by molar-refractivity contribution is 8.00. The second kappa shape index (κ2) is 6.19. The molecular formula is C14H18N4OS2. The highest BCUT2D eigenvalue weighted by Crippen LogP contribution is 2.29. The Labute approximate surface area is 132 Å². The zero-order valence-corrected chi connectivity index (χ0v) is 13.7. The summed E-state index contributed by atoms with van der Waals surface area (Å²) in [5.74, 6) is 0.968. The van der Waals surface area contributed by atoms with E-state index < -0.39 is 0 Å². The fourth-order valence-corrected chi connectivity index (χ4v) is 3.65. The number of hydrogen-bond donors (Lipinski definition) is 1. The Hall–Kier alpha value is -1.34. The van der Waals surface area contributed by atoms with Crippen LogP contribution in [0.15, 0.2) is 22.7 Å². The Morgan fingerprint density at radius 3 is 3.00 bits per heavy atom. The zero-order valence-electron chi connectivity index (χ0n) is 12.1. The molecular weight excluding hydrogens is 304 g/mol. The molecule has 3 rings (SSSR count). The van der Waals surface area contributed by atoms with Crippen LogP contribution in [0.5, 0.6) is 0 Å². The van der Waals surface area contributed by atoms with Gasteiger partial charge in [-0.15, -0.1) is 21.5 Å². The molecule has 2 aromatic rings. The van der Waals surface area contributed by atoms with Crippen LogP contribution < -0.4 is 5.32 Å². The maximum atomic E-state index is 12.0. The van der Waals surface area contributed by atoms with Crippen molar-refractivity contribution in [2.75, 3.05) is 0 Å². The number of amides is 1. The third kappa shape index (κ3) is 3.29. The molecule has 0 aromatic carbocycles. The summed E-state index contributed by atoms with van der Waals surface area (Å²) >= 11 is 3.12. The van der Waals surface area contributed by atoms with E-state index in [4.69, 9.17) is 0 Å². The summed E-state index contributed by atoms with van der Waals surface area (Å²) in [5.41, 5.74) is 0. The average Bonchev–Trinajstić information content (AvgIpc) is 2.99. The van der Waals surface area contributed by atoms with Crippen molar-refractivity contribution in [3.63, 3.8) is 0 Å². The van der Waals surface area contributed by atoms with E-state index in [1.165, 1.54) is 11.8 Å². The lowest BCUT2D eigenvalue weighted by atomic mass is 10.4. The molecule has 0 spiro atoms. The van der Waals surface area contributed by atoms with Crippen LogP contribution in [0.25, 0.3) is 10.7 Å². The smallest absolute Gasteiger partial charge is 0.233 e. The molecule has 1 fully saturated rings. The molecule has 0 unspecified atom stereocenters. The second-order valence-corrected chi connectivity index (χ2v) is 7.33. The molecule has 21 heavy (non-hydrogen) atoms. The minimum Gasteiger partial charge on any atom is -0.352 e. The van der Waals surface area contributed by atoms with E-state index in [0.717, 1.165) is 35.2 Å². The minimum atomic E-state index is -0.156. The Morgan fingerprint density at radius 2 is 2.38 bits per heavy atom. The van der Waals surface area contributed by atoms with E-state index in [-0.39, 0.29) is 11.2 Å². The van der Waals surface area contributed by atoms with Crippen LogP contribution in [0, 0.1) is 0 Å². The van der Waals surface area contributed by atoms with Crippen LogP contribution in [0.1, 0.15) is 26.7 Å². The van der Waals surface area contributed by atoms with Crippen molar-refractivity contribution in [1.29, 1.82) is 0 Å². The van der Waals surface area contributed by atoms with Gasteiger partial charge < -0.3 is 9.88 Å². The highest BCUT2D eigenvalue weighted by Gasteiger charge is 2.27. The topological polar surface area (TPSA) is 59.8 Å². The molecule has 1 aliphatic rings. The van der Waals surface area contributed by atoms with Crippen molar-refractivity contribution in [1.82, 2.24) is 20.1 Å². The Kier molecular flexibility index (Phi) is 4.30. The maximum Gasteiger partial charge on any atom is 0.233 e. The number of nitrogens with zero attached hydrogens (tertiary/aromatic N) is 3. The van der Waals surface area contributed by atoms with Gasteiger partial charge in [0.15, 0.2) is 11.0 Å². The predicted octanol–water partition coefficient (Wildman–Crippen LogP) is 2.79. The minimum absolute atomic E-state index is 0.0887. The van der Waals surface area contributed by atoms with Gasteiger partial charge in [0.1, 0.15) is 0 Å². The lowest BCUT2D eigenvalue weighted by Gasteiger charge is -2.12. The zero-order chi connectivity index (χ0) is 14.8. The van der Waals surface area contributed by atoms with Crippen LogP contribution in [0.2, 0.25) is 0 Å². The van der Waals surface area contributed by atoms with Gasteiger partial charge >= 0.3 is 0 Å². The Bertz CT molecular complexity index is 619. The van der Waals surface area contributed by atoms with Gasteiger partial charge in [0.2, 0.25) is 5.91 Å². The van der Waals surface area contributed by atoms with Crippen LogP contribution in [-0.4, -0.2) is 32.0 Å². The number of rotatable bonds is 6. The molecule has 0 saturated heterocycles. The second-order valence-electron chi connectivity index (χ2n) is 5.07. The van der Waals surface area contributed by atoms with E-state index in [0.29, 0.717) is 6.04 Å². The van der Waals surface area contributed by atoms with Crippen LogP contribution in [-0.2, 0) is 11.3 Å². The summed E-state index contributed by atoms with van der Waals surface area (Å²) < 4.78 is 2.07. The number of carbonyl (C=O) groups is 1. The molecule has 5 nitrogen and oxygen atoms in total. The number of nitrogens with one attached hydrogen (secondary N) is 1. The summed E-state index contributed by atoms with van der Waals surface area (Å²) in [5, 5.41) is 14.3. The van der Waals surface area contributed by atoms with E-state index in [9.17, 15) is 4.79 Å². The SMILES string of the molecule is CCn1c(S[C@H](C)C(=O)NC2CC2)nnc1-c1cccs1. The molecule has 0 aliphatic heterocycles. The molecule has 1 amide bonds. The van der Waals surface area contributed by atoms with Crippen LogP contribution in [0.4, 0.5) is 0 Å².